The van der Waals surface area contributed by atoms with Crippen LogP contribution in [0.1, 0.15) is 20.8 Å². The average molecular weight is 293 g/mol. The standard InChI is InChI=1S/C14H15NO2S2/c1-9-11(14(18-2)19-12(9)13(16)17)15-8-10-6-4-3-5-7-10/h3-7,15H,8H2,1-2H3,(H,16,17). The quantitative estimate of drug-likeness (QED) is 0.815. The van der Waals surface area contributed by atoms with E-state index in [1.807, 2.05) is 43.5 Å². The molecule has 0 saturated carbocycles. The smallest absolute Gasteiger partial charge is 0.346 e. The molecule has 0 atom stereocenters. The molecule has 1 aromatic carbocycles. The molecule has 5 heteroatoms. The Labute approximate surface area is 120 Å². The lowest BCUT2D eigenvalue weighted by Gasteiger charge is -2.08. The summed E-state index contributed by atoms with van der Waals surface area (Å²) in [7, 11) is 0. The molecular weight excluding hydrogens is 278 g/mol. The van der Waals surface area contributed by atoms with Gasteiger partial charge in [-0.1, -0.05) is 30.3 Å². The summed E-state index contributed by atoms with van der Waals surface area (Å²) < 4.78 is 1.02. The van der Waals surface area contributed by atoms with Crippen molar-refractivity contribution in [2.45, 2.75) is 17.7 Å². The zero-order valence-electron chi connectivity index (χ0n) is 10.8. The number of carboxylic acids is 1. The highest BCUT2D eigenvalue weighted by atomic mass is 32.2. The Hall–Kier alpha value is -1.46. The van der Waals surface area contributed by atoms with Crippen LogP contribution in [0, 0.1) is 6.92 Å². The Morgan fingerprint density at radius 2 is 2.05 bits per heavy atom. The highest BCUT2D eigenvalue weighted by Gasteiger charge is 2.18. The van der Waals surface area contributed by atoms with Gasteiger partial charge in [-0.15, -0.1) is 23.1 Å². The molecule has 0 unspecified atom stereocenters. The highest BCUT2D eigenvalue weighted by Crippen LogP contribution is 2.39. The van der Waals surface area contributed by atoms with Crippen LogP contribution in [0.15, 0.2) is 34.5 Å². The fourth-order valence-electron chi connectivity index (χ4n) is 1.83. The first-order valence-corrected chi connectivity index (χ1v) is 7.86. The van der Waals surface area contributed by atoms with E-state index >= 15 is 0 Å². The molecule has 19 heavy (non-hydrogen) atoms. The van der Waals surface area contributed by atoms with Crippen molar-refractivity contribution in [1.29, 1.82) is 0 Å². The zero-order chi connectivity index (χ0) is 13.8. The van der Waals surface area contributed by atoms with E-state index in [1.165, 1.54) is 16.9 Å². The SMILES string of the molecule is CSc1sc(C(=O)O)c(C)c1NCc1ccccc1. The number of carboxylic acid groups (broad SMARTS) is 1. The van der Waals surface area contributed by atoms with Gasteiger partial charge < -0.3 is 10.4 Å². The van der Waals surface area contributed by atoms with Crippen LogP contribution in [0.3, 0.4) is 0 Å². The summed E-state index contributed by atoms with van der Waals surface area (Å²) >= 11 is 2.91. The topological polar surface area (TPSA) is 49.3 Å². The molecular formula is C14H15NO2S2. The van der Waals surface area contributed by atoms with Crippen LogP contribution in [0.5, 0.6) is 0 Å². The molecule has 0 spiro atoms. The number of carbonyl (C=O) groups is 1. The molecule has 0 radical (unpaired) electrons. The van der Waals surface area contributed by atoms with Gasteiger partial charge in [0.2, 0.25) is 0 Å². The van der Waals surface area contributed by atoms with Crippen molar-refractivity contribution < 1.29 is 9.90 Å². The van der Waals surface area contributed by atoms with Crippen LogP contribution in [0.25, 0.3) is 0 Å². The second kappa shape index (κ2) is 6.12. The Balaban J connectivity index is 2.22. The number of rotatable bonds is 5. The van der Waals surface area contributed by atoms with Gasteiger partial charge in [-0.25, -0.2) is 4.79 Å². The maximum atomic E-state index is 11.2. The van der Waals surface area contributed by atoms with Crippen LogP contribution in [0.4, 0.5) is 5.69 Å². The van der Waals surface area contributed by atoms with Gasteiger partial charge in [0.15, 0.2) is 0 Å². The van der Waals surface area contributed by atoms with Crippen molar-refractivity contribution >= 4 is 34.8 Å². The van der Waals surface area contributed by atoms with Crippen molar-refractivity contribution in [1.82, 2.24) is 0 Å². The molecule has 3 nitrogen and oxygen atoms in total. The van der Waals surface area contributed by atoms with Crippen LogP contribution in [-0.4, -0.2) is 17.3 Å². The first-order chi connectivity index (χ1) is 9.13. The number of hydrogen-bond acceptors (Lipinski definition) is 4. The van der Waals surface area contributed by atoms with E-state index in [1.54, 1.807) is 11.8 Å². The molecule has 0 amide bonds. The average Bonchev–Trinajstić information content (AvgIpc) is 2.74. The molecule has 0 bridgehead atoms. The lowest BCUT2D eigenvalue weighted by Crippen LogP contribution is -2.01. The maximum absolute atomic E-state index is 11.2. The summed E-state index contributed by atoms with van der Waals surface area (Å²) in [5, 5.41) is 12.5. The van der Waals surface area contributed by atoms with Crippen molar-refractivity contribution in [3.8, 4) is 0 Å². The van der Waals surface area contributed by atoms with Crippen LogP contribution in [0.2, 0.25) is 0 Å². The Morgan fingerprint density at radius 3 is 2.63 bits per heavy atom. The molecule has 100 valence electrons. The predicted molar refractivity (Wildman–Crippen MR) is 81.6 cm³/mol. The second-order valence-electron chi connectivity index (χ2n) is 4.07. The summed E-state index contributed by atoms with van der Waals surface area (Å²) in [6, 6.07) is 10.1. The third-order valence-electron chi connectivity index (χ3n) is 2.81. The minimum absolute atomic E-state index is 0.417. The van der Waals surface area contributed by atoms with E-state index in [0.29, 0.717) is 11.4 Å². The number of nitrogens with one attached hydrogen (secondary N) is 1. The normalized spacial score (nSPS) is 10.4. The number of thioether (sulfide) groups is 1. The van der Waals surface area contributed by atoms with Crippen molar-refractivity contribution in [2.24, 2.45) is 0 Å². The van der Waals surface area contributed by atoms with Crippen molar-refractivity contribution in [3.05, 3.63) is 46.3 Å². The van der Waals surface area contributed by atoms with Crippen LogP contribution < -0.4 is 5.32 Å². The lowest BCUT2D eigenvalue weighted by atomic mass is 10.2. The first kappa shape index (κ1) is 14.0. The van der Waals surface area contributed by atoms with Gasteiger partial charge in [-0.05, 0) is 24.3 Å². The highest BCUT2D eigenvalue weighted by molar-refractivity contribution is 8.00. The Bertz CT molecular complexity index is 579. The fourth-order valence-corrected chi connectivity index (χ4v) is 3.69. The van der Waals surface area contributed by atoms with Crippen molar-refractivity contribution in [3.63, 3.8) is 0 Å². The summed E-state index contributed by atoms with van der Waals surface area (Å²) in [4.78, 5) is 11.6. The van der Waals surface area contributed by atoms with E-state index in [2.05, 4.69) is 5.32 Å². The number of hydrogen-bond donors (Lipinski definition) is 2. The van der Waals surface area contributed by atoms with Crippen LogP contribution in [-0.2, 0) is 6.54 Å². The minimum Gasteiger partial charge on any atom is -0.477 e. The maximum Gasteiger partial charge on any atom is 0.346 e. The summed E-state index contributed by atoms with van der Waals surface area (Å²) in [5.41, 5.74) is 2.94. The third-order valence-corrected chi connectivity index (χ3v) is 5.21. The number of thiophene rings is 1. The predicted octanol–water partition coefficient (Wildman–Crippen LogP) is 4.09. The number of anilines is 1. The molecule has 2 aromatic rings. The number of aromatic carboxylic acids is 1. The molecule has 0 fully saturated rings. The minimum atomic E-state index is -0.856. The number of benzene rings is 1. The van der Waals surface area contributed by atoms with Gasteiger partial charge in [-0.2, -0.15) is 0 Å². The molecule has 0 aliphatic heterocycles. The van der Waals surface area contributed by atoms with E-state index in [9.17, 15) is 4.79 Å². The van der Waals surface area contributed by atoms with Crippen LogP contribution >= 0.6 is 23.1 Å². The fraction of sp³-hybridized carbons (Fsp3) is 0.214. The molecule has 1 aromatic heterocycles. The Kier molecular flexibility index (Phi) is 4.50. The molecule has 0 saturated heterocycles. The van der Waals surface area contributed by atoms with E-state index in [-0.39, 0.29) is 0 Å². The first-order valence-electron chi connectivity index (χ1n) is 5.82. The van der Waals surface area contributed by atoms with Gasteiger partial charge in [0.25, 0.3) is 0 Å². The lowest BCUT2D eigenvalue weighted by molar-refractivity contribution is 0.0701. The van der Waals surface area contributed by atoms with Gasteiger partial charge in [-0.3, -0.25) is 0 Å². The molecule has 0 aliphatic rings. The van der Waals surface area contributed by atoms with E-state index in [0.717, 1.165) is 15.5 Å². The van der Waals surface area contributed by atoms with E-state index < -0.39 is 5.97 Å². The summed E-state index contributed by atoms with van der Waals surface area (Å²) in [6.07, 6.45) is 1.96. The van der Waals surface area contributed by atoms with Gasteiger partial charge in [0, 0.05) is 6.54 Å². The van der Waals surface area contributed by atoms with E-state index in [4.69, 9.17) is 5.11 Å². The molecule has 0 aliphatic carbocycles. The van der Waals surface area contributed by atoms with Gasteiger partial charge in [0.1, 0.15) is 4.88 Å². The second-order valence-corrected chi connectivity index (χ2v) is 6.16. The summed E-state index contributed by atoms with van der Waals surface area (Å²) in [6.45, 7) is 2.55. The van der Waals surface area contributed by atoms with Gasteiger partial charge >= 0.3 is 5.97 Å². The largest absolute Gasteiger partial charge is 0.477 e. The molecule has 2 N–H and O–H groups in total. The third kappa shape index (κ3) is 3.11. The van der Waals surface area contributed by atoms with Gasteiger partial charge in [0.05, 0.1) is 9.90 Å². The van der Waals surface area contributed by atoms with Crippen molar-refractivity contribution in [2.75, 3.05) is 11.6 Å². The molecule has 1 heterocycles. The molecule has 2 rings (SSSR count). The zero-order valence-corrected chi connectivity index (χ0v) is 12.4. The summed E-state index contributed by atoms with van der Waals surface area (Å²) in [5.74, 6) is -0.856. The monoisotopic (exact) mass is 293 g/mol. The Morgan fingerprint density at radius 1 is 1.37 bits per heavy atom.